The largest absolute Gasteiger partial charge is 0.396 e. The molecule has 0 spiro atoms. The summed E-state index contributed by atoms with van der Waals surface area (Å²) in [6.07, 6.45) is 2.29. The highest BCUT2D eigenvalue weighted by molar-refractivity contribution is 6.32. The van der Waals surface area contributed by atoms with Gasteiger partial charge >= 0.3 is 0 Å². The molecule has 1 heterocycles. The van der Waals surface area contributed by atoms with Gasteiger partial charge in [0.05, 0.1) is 23.9 Å². The standard InChI is InChI=1S/C24H25ClN4O2/c1-16-4-7-19(12-21(16)22(27)23(25)28-10-3-11-31-2)24(30)29-14-20(15-29)18-8-5-17(13-26)6-9-18/h4-10,12,20H,3,11,14-15,27H2,1-2H3/b23-22-,28-10+. The third kappa shape index (κ3) is 5.32. The number of hydrogen-bond donors (Lipinski definition) is 1. The van der Waals surface area contributed by atoms with Crippen LogP contribution in [0.5, 0.6) is 0 Å². The Balaban J connectivity index is 1.70. The molecule has 0 saturated carbocycles. The molecule has 0 aromatic heterocycles. The van der Waals surface area contributed by atoms with Crippen molar-refractivity contribution >= 4 is 29.4 Å². The molecule has 1 aliphatic rings. The zero-order valence-electron chi connectivity index (χ0n) is 17.6. The van der Waals surface area contributed by atoms with Gasteiger partial charge in [0.1, 0.15) is 0 Å². The molecule has 2 aromatic carbocycles. The minimum Gasteiger partial charge on any atom is -0.396 e. The summed E-state index contributed by atoms with van der Waals surface area (Å²) < 4.78 is 4.98. The number of benzene rings is 2. The van der Waals surface area contributed by atoms with E-state index in [0.717, 1.165) is 11.1 Å². The van der Waals surface area contributed by atoms with E-state index in [1.54, 1.807) is 25.5 Å². The highest BCUT2D eigenvalue weighted by Crippen LogP contribution is 2.29. The first kappa shape index (κ1) is 22.5. The second-order valence-corrected chi connectivity index (χ2v) is 7.83. The van der Waals surface area contributed by atoms with Gasteiger partial charge in [-0.3, -0.25) is 4.79 Å². The Morgan fingerprint density at radius 2 is 2.03 bits per heavy atom. The fourth-order valence-corrected chi connectivity index (χ4v) is 3.58. The van der Waals surface area contributed by atoms with Gasteiger partial charge in [0, 0.05) is 49.9 Å². The van der Waals surface area contributed by atoms with Crippen LogP contribution in [0, 0.1) is 18.3 Å². The molecule has 0 unspecified atom stereocenters. The number of ether oxygens (including phenoxy) is 1. The van der Waals surface area contributed by atoms with E-state index in [1.807, 2.05) is 42.2 Å². The van der Waals surface area contributed by atoms with Crippen molar-refractivity contribution in [3.05, 3.63) is 75.4 Å². The Morgan fingerprint density at radius 3 is 2.68 bits per heavy atom. The van der Waals surface area contributed by atoms with Gasteiger partial charge < -0.3 is 15.4 Å². The molecule has 31 heavy (non-hydrogen) atoms. The van der Waals surface area contributed by atoms with Gasteiger partial charge in [-0.05, 0) is 42.3 Å². The fraction of sp³-hybridized carbons (Fsp3) is 0.292. The van der Waals surface area contributed by atoms with E-state index in [1.165, 1.54) is 0 Å². The van der Waals surface area contributed by atoms with Crippen LogP contribution >= 0.6 is 11.6 Å². The molecule has 0 aliphatic carbocycles. The van der Waals surface area contributed by atoms with Crippen LogP contribution in [-0.2, 0) is 4.74 Å². The maximum Gasteiger partial charge on any atom is 0.253 e. The minimum atomic E-state index is -0.0429. The molecule has 0 atom stereocenters. The number of carbonyl (C=O) groups is 1. The molecule has 2 N–H and O–H groups in total. The Bertz CT molecular complexity index is 1050. The van der Waals surface area contributed by atoms with Gasteiger partial charge in [-0.15, -0.1) is 0 Å². The molecular weight excluding hydrogens is 412 g/mol. The third-order valence-corrected chi connectivity index (χ3v) is 5.63. The SMILES string of the molecule is COCC/C=N/C(Cl)=C(\N)c1cc(C(=O)N2CC(c3ccc(C#N)cc3)C2)ccc1C. The van der Waals surface area contributed by atoms with Crippen LogP contribution in [0.15, 0.2) is 52.6 Å². The average molecular weight is 437 g/mol. The van der Waals surface area contributed by atoms with Crippen LogP contribution in [0.2, 0.25) is 0 Å². The number of nitrogens with zero attached hydrogens (tertiary/aromatic N) is 3. The zero-order valence-corrected chi connectivity index (χ0v) is 18.4. The smallest absolute Gasteiger partial charge is 0.253 e. The predicted octanol–water partition coefficient (Wildman–Crippen LogP) is 4.04. The molecule has 1 saturated heterocycles. The Labute approximate surface area is 187 Å². The van der Waals surface area contributed by atoms with Crippen LogP contribution in [-0.4, -0.2) is 43.8 Å². The summed E-state index contributed by atoms with van der Waals surface area (Å²) in [5.41, 5.74) is 10.5. The van der Waals surface area contributed by atoms with Crippen molar-refractivity contribution in [1.29, 1.82) is 5.26 Å². The van der Waals surface area contributed by atoms with Crippen molar-refractivity contribution in [2.45, 2.75) is 19.3 Å². The summed E-state index contributed by atoms with van der Waals surface area (Å²) in [7, 11) is 1.62. The van der Waals surface area contributed by atoms with Crippen LogP contribution < -0.4 is 5.73 Å². The molecule has 0 bridgehead atoms. The highest BCUT2D eigenvalue weighted by atomic mass is 35.5. The summed E-state index contributed by atoms with van der Waals surface area (Å²) in [5.74, 6) is 0.237. The normalized spacial score (nSPS) is 14.8. The predicted molar refractivity (Wildman–Crippen MR) is 123 cm³/mol. The Morgan fingerprint density at radius 1 is 1.32 bits per heavy atom. The molecule has 1 amide bonds. The summed E-state index contributed by atoms with van der Waals surface area (Å²) in [6.45, 7) is 3.75. The summed E-state index contributed by atoms with van der Waals surface area (Å²) >= 11 is 6.26. The van der Waals surface area contributed by atoms with E-state index in [4.69, 9.17) is 27.3 Å². The Kier molecular flexibility index (Phi) is 7.45. The molecule has 2 aromatic rings. The van der Waals surface area contributed by atoms with E-state index < -0.39 is 0 Å². The molecule has 160 valence electrons. The van der Waals surface area contributed by atoms with Crippen molar-refractivity contribution < 1.29 is 9.53 Å². The van der Waals surface area contributed by atoms with Crippen molar-refractivity contribution in [2.24, 2.45) is 10.7 Å². The first-order valence-electron chi connectivity index (χ1n) is 10.0. The first-order valence-corrected chi connectivity index (χ1v) is 10.4. The van der Waals surface area contributed by atoms with E-state index in [2.05, 4.69) is 11.1 Å². The number of nitriles is 1. The molecule has 6 nitrogen and oxygen atoms in total. The van der Waals surface area contributed by atoms with E-state index in [0.29, 0.717) is 48.5 Å². The lowest BCUT2D eigenvalue weighted by Crippen LogP contribution is -2.48. The summed E-state index contributed by atoms with van der Waals surface area (Å²) in [4.78, 5) is 18.9. The fourth-order valence-electron chi connectivity index (χ4n) is 3.41. The molecule has 1 fully saturated rings. The van der Waals surface area contributed by atoms with Crippen LogP contribution in [0.25, 0.3) is 5.70 Å². The van der Waals surface area contributed by atoms with Gasteiger partial charge in [-0.2, -0.15) is 5.26 Å². The number of aliphatic imine (C=N–C) groups is 1. The summed E-state index contributed by atoms with van der Waals surface area (Å²) in [6, 6.07) is 15.1. The molecule has 0 radical (unpaired) electrons. The van der Waals surface area contributed by atoms with Crippen LogP contribution in [0.4, 0.5) is 0 Å². The number of methoxy groups -OCH3 is 1. The van der Waals surface area contributed by atoms with E-state index in [-0.39, 0.29) is 17.0 Å². The zero-order chi connectivity index (χ0) is 22.4. The second kappa shape index (κ2) is 10.3. The van der Waals surface area contributed by atoms with Crippen molar-refractivity contribution in [2.75, 3.05) is 26.8 Å². The van der Waals surface area contributed by atoms with Gasteiger partial charge in [0.15, 0.2) is 5.16 Å². The van der Waals surface area contributed by atoms with Gasteiger partial charge in [-0.25, -0.2) is 4.99 Å². The van der Waals surface area contributed by atoms with E-state index in [9.17, 15) is 4.79 Å². The number of likely N-dealkylation sites (tertiary alicyclic amines) is 1. The molecule has 3 rings (SSSR count). The van der Waals surface area contributed by atoms with Gasteiger partial charge in [0.2, 0.25) is 0 Å². The maximum atomic E-state index is 13.0. The Hall–Kier alpha value is -3.14. The number of carbonyl (C=O) groups excluding carboxylic acids is 1. The molecule has 7 heteroatoms. The van der Waals surface area contributed by atoms with Crippen LogP contribution in [0.1, 0.15) is 45.0 Å². The topological polar surface area (TPSA) is 91.7 Å². The lowest BCUT2D eigenvalue weighted by molar-refractivity contribution is 0.0602. The third-order valence-electron chi connectivity index (χ3n) is 5.33. The quantitative estimate of drug-likeness (QED) is 0.403. The lowest BCUT2D eigenvalue weighted by atomic mass is 9.90. The van der Waals surface area contributed by atoms with Crippen molar-refractivity contribution in [1.82, 2.24) is 4.90 Å². The number of aryl methyl sites for hydroxylation is 1. The number of amides is 1. The van der Waals surface area contributed by atoms with Crippen LogP contribution in [0.3, 0.4) is 0 Å². The number of halogens is 1. The average Bonchev–Trinajstić information content (AvgIpc) is 2.75. The van der Waals surface area contributed by atoms with Crippen molar-refractivity contribution in [3.63, 3.8) is 0 Å². The first-order chi connectivity index (χ1) is 14.9. The van der Waals surface area contributed by atoms with E-state index >= 15 is 0 Å². The summed E-state index contributed by atoms with van der Waals surface area (Å²) in [5, 5.41) is 9.11. The van der Waals surface area contributed by atoms with Crippen molar-refractivity contribution in [3.8, 4) is 6.07 Å². The highest BCUT2D eigenvalue weighted by Gasteiger charge is 2.32. The number of rotatable bonds is 7. The number of nitrogens with two attached hydrogens (primary N) is 1. The van der Waals surface area contributed by atoms with Gasteiger partial charge in [0.25, 0.3) is 5.91 Å². The molecule has 1 aliphatic heterocycles. The molecular formula is C24H25ClN4O2. The minimum absolute atomic E-state index is 0.0429. The monoisotopic (exact) mass is 436 g/mol. The second-order valence-electron chi connectivity index (χ2n) is 7.47. The van der Waals surface area contributed by atoms with Gasteiger partial charge in [-0.1, -0.05) is 29.8 Å². The maximum absolute atomic E-state index is 13.0. The number of hydrogen-bond acceptors (Lipinski definition) is 5. The lowest BCUT2D eigenvalue weighted by Gasteiger charge is -2.39.